The molecule has 2 rings (SSSR count). The van der Waals surface area contributed by atoms with E-state index >= 15 is 0 Å². The van der Waals surface area contributed by atoms with Crippen LogP contribution >= 0.6 is 0 Å². The van der Waals surface area contributed by atoms with Gasteiger partial charge in [0.1, 0.15) is 0 Å². The topological polar surface area (TPSA) is 0 Å². The summed E-state index contributed by atoms with van der Waals surface area (Å²) in [7, 11) is 0. The van der Waals surface area contributed by atoms with Crippen LogP contribution in [0.2, 0.25) is 0 Å². The fourth-order valence-corrected chi connectivity index (χ4v) is 2.27. The van der Waals surface area contributed by atoms with E-state index in [2.05, 4.69) is 67.5 Å². The van der Waals surface area contributed by atoms with Gasteiger partial charge in [0.15, 0.2) is 0 Å². The average molecular weight is 393 g/mol. The van der Waals surface area contributed by atoms with E-state index in [0.717, 1.165) is 0 Å². The minimum absolute atomic E-state index is 0. The Bertz CT molecular complexity index is 453. The molecule has 0 aromatic heterocycles. The van der Waals surface area contributed by atoms with Crippen LogP contribution in [-0.4, -0.2) is 0 Å². The van der Waals surface area contributed by atoms with Gasteiger partial charge >= 0.3 is 60.5 Å². The van der Waals surface area contributed by atoms with Crippen LogP contribution in [0.1, 0.15) is 44.5 Å². The molecule has 0 bridgehead atoms. The van der Waals surface area contributed by atoms with Crippen molar-refractivity contribution >= 4 is 0 Å². The average Bonchev–Trinajstić information content (AvgIpc) is 2.66. The molecule has 1 radical (unpaired) electrons. The third-order valence-corrected chi connectivity index (χ3v) is 4.36. The molecule has 0 nitrogen and oxygen atoms in total. The summed E-state index contributed by atoms with van der Waals surface area (Å²) in [6.45, 7) is 17.4. The molecule has 2 aromatic rings. The van der Waals surface area contributed by atoms with Gasteiger partial charge in [-0.05, 0) is 0 Å². The van der Waals surface area contributed by atoms with Gasteiger partial charge in [-0.25, -0.2) is 0 Å². The number of hydrogen-bond acceptors (Lipinski definition) is 0. The van der Waals surface area contributed by atoms with Gasteiger partial charge in [0.25, 0.3) is 0 Å². The third-order valence-electron chi connectivity index (χ3n) is 4.36. The summed E-state index contributed by atoms with van der Waals surface area (Å²) < 4.78 is 0. The molecule has 3 heteroatoms. The van der Waals surface area contributed by atoms with Gasteiger partial charge in [0, 0.05) is 0 Å². The van der Waals surface area contributed by atoms with Gasteiger partial charge in [0.2, 0.25) is 0 Å². The van der Waals surface area contributed by atoms with Crippen LogP contribution in [0.25, 0.3) is 0 Å². The fraction of sp³-hybridized carbons (Fsp3) is 0.444. The normalized spacial score (nSPS) is 8.76. The molecule has 0 aliphatic rings. The van der Waals surface area contributed by atoms with Crippen LogP contribution in [0.4, 0.5) is 0 Å². The Kier molecular flexibility index (Phi) is 14.2. The van der Waals surface area contributed by atoms with Gasteiger partial charge in [-0.2, -0.15) is 56.6 Å². The molecule has 0 fully saturated rings. The van der Waals surface area contributed by atoms with Crippen molar-refractivity contribution in [2.75, 3.05) is 0 Å². The molecular formula is C18H26MnTi2+8. The molecule has 0 N–H and O–H groups in total. The summed E-state index contributed by atoms with van der Waals surface area (Å²) in [5.41, 5.74) is 11.5. The van der Waals surface area contributed by atoms with Gasteiger partial charge in [0.05, 0.1) is 0 Å². The van der Waals surface area contributed by atoms with Crippen LogP contribution in [0.5, 0.6) is 0 Å². The predicted octanol–water partition coefficient (Wildman–Crippen LogP) is 5.27. The Labute approximate surface area is 171 Å². The van der Waals surface area contributed by atoms with E-state index in [1.807, 2.05) is 0 Å². The SMILES string of the molecule is Cc1[cH-]c(C)c(C)c1C.Cc1[cH-]c(C)c(C)c1C.[Mn+2].[Ti+4].[Ti+4]. The van der Waals surface area contributed by atoms with E-state index in [0.29, 0.717) is 0 Å². The van der Waals surface area contributed by atoms with Crippen LogP contribution in [0, 0.1) is 55.4 Å². The Morgan fingerprint density at radius 1 is 0.429 bits per heavy atom. The molecule has 0 amide bonds. The molecule has 105 valence electrons. The van der Waals surface area contributed by atoms with E-state index < -0.39 is 0 Å². The largest absolute Gasteiger partial charge is 4.00 e. The Morgan fingerprint density at radius 3 is 0.619 bits per heavy atom. The molecular weight excluding hydrogens is 367 g/mol. The molecule has 0 heterocycles. The van der Waals surface area contributed by atoms with Crippen molar-refractivity contribution in [3.8, 4) is 0 Å². The minimum Gasteiger partial charge on any atom is -0.196 e. The number of hydrogen-bond donors (Lipinski definition) is 0. The standard InChI is InChI=1S/2C9H13.Mn.2Ti/c2*1-6-5-7(2)9(4)8(6)3;;;/h2*5H,1-4H3;;;/q2*-1;+2;2*+4. The summed E-state index contributed by atoms with van der Waals surface area (Å²) >= 11 is 0. The summed E-state index contributed by atoms with van der Waals surface area (Å²) in [5, 5.41) is 0. The zero-order valence-corrected chi connectivity index (χ0v) is 18.8. The second kappa shape index (κ2) is 11.2. The van der Waals surface area contributed by atoms with E-state index in [9.17, 15) is 0 Å². The van der Waals surface area contributed by atoms with Crippen molar-refractivity contribution in [2.24, 2.45) is 0 Å². The summed E-state index contributed by atoms with van der Waals surface area (Å²) in [6, 6.07) is 4.48. The Balaban J connectivity index is -0.000000270. The molecule has 21 heavy (non-hydrogen) atoms. The van der Waals surface area contributed by atoms with E-state index in [-0.39, 0.29) is 60.5 Å². The maximum atomic E-state index is 2.24. The van der Waals surface area contributed by atoms with Gasteiger partial charge < -0.3 is 0 Å². The Hall–Kier alpha value is 0.648. The predicted molar refractivity (Wildman–Crippen MR) is 82.0 cm³/mol. The smallest absolute Gasteiger partial charge is 0.196 e. The van der Waals surface area contributed by atoms with Crippen molar-refractivity contribution in [3.05, 3.63) is 56.6 Å². The number of aryl methyl sites for hydroxylation is 4. The molecule has 0 spiro atoms. The van der Waals surface area contributed by atoms with E-state index in [4.69, 9.17) is 0 Å². The second-order valence-corrected chi connectivity index (χ2v) is 5.52. The van der Waals surface area contributed by atoms with Gasteiger partial charge in [-0.1, -0.05) is 55.4 Å². The summed E-state index contributed by atoms with van der Waals surface area (Å²) in [6.07, 6.45) is 0. The van der Waals surface area contributed by atoms with Crippen LogP contribution in [0.15, 0.2) is 12.1 Å². The summed E-state index contributed by atoms with van der Waals surface area (Å²) in [4.78, 5) is 0. The monoisotopic (exact) mass is 393 g/mol. The molecule has 0 unspecified atom stereocenters. The van der Waals surface area contributed by atoms with Crippen molar-refractivity contribution in [1.29, 1.82) is 0 Å². The van der Waals surface area contributed by atoms with Crippen molar-refractivity contribution in [2.45, 2.75) is 55.4 Å². The fourth-order valence-electron chi connectivity index (χ4n) is 2.27. The molecule has 0 saturated carbocycles. The summed E-state index contributed by atoms with van der Waals surface area (Å²) in [5.74, 6) is 0. The van der Waals surface area contributed by atoms with Gasteiger partial charge in [-0.3, -0.25) is 0 Å². The first kappa shape index (κ1) is 26.5. The van der Waals surface area contributed by atoms with Crippen LogP contribution in [-0.2, 0) is 60.5 Å². The second-order valence-electron chi connectivity index (χ2n) is 5.52. The maximum absolute atomic E-state index is 2.24. The van der Waals surface area contributed by atoms with E-state index in [1.54, 1.807) is 0 Å². The van der Waals surface area contributed by atoms with Crippen molar-refractivity contribution in [3.63, 3.8) is 0 Å². The molecule has 0 atom stereocenters. The van der Waals surface area contributed by atoms with Gasteiger partial charge in [-0.15, -0.1) is 0 Å². The molecule has 0 aliphatic heterocycles. The zero-order chi connectivity index (χ0) is 14.0. The molecule has 2 aromatic carbocycles. The van der Waals surface area contributed by atoms with Crippen molar-refractivity contribution < 1.29 is 60.5 Å². The number of rotatable bonds is 0. The van der Waals surface area contributed by atoms with Crippen LogP contribution < -0.4 is 0 Å². The Morgan fingerprint density at radius 2 is 0.571 bits per heavy atom. The third kappa shape index (κ3) is 6.74. The first-order valence-electron chi connectivity index (χ1n) is 6.65. The minimum atomic E-state index is 0. The molecule has 0 saturated heterocycles. The first-order valence-corrected chi connectivity index (χ1v) is 6.65. The zero-order valence-electron chi connectivity index (χ0n) is 14.5. The van der Waals surface area contributed by atoms with Crippen molar-refractivity contribution in [1.82, 2.24) is 0 Å². The first-order chi connectivity index (χ1) is 8.25. The van der Waals surface area contributed by atoms with Crippen LogP contribution in [0.3, 0.4) is 0 Å². The molecule has 0 aliphatic carbocycles. The maximum Gasteiger partial charge on any atom is 4.00 e. The quantitative estimate of drug-likeness (QED) is 0.423. The van der Waals surface area contributed by atoms with E-state index in [1.165, 1.54) is 44.5 Å².